The third kappa shape index (κ3) is 10.1. The van der Waals surface area contributed by atoms with Crippen LogP contribution in [-0.4, -0.2) is 81.8 Å². The van der Waals surface area contributed by atoms with Crippen molar-refractivity contribution in [2.24, 2.45) is 19.0 Å². The van der Waals surface area contributed by atoms with Crippen LogP contribution in [0.25, 0.3) is 0 Å². The number of benzene rings is 4. The number of aromatic hydroxyl groups is 2. The summed E-state index contributed by atoms with van der Waals surface area (Å²) in [6.45, 7) is 7.80. The summed E-state index contributed by atoms with van der Waals surface area (Å²) in [5.74, 6) is 1.23. The smallest absolute Gasteiger partial charge is 0.285 e. The molecule has 14 nitrogen and oxygen atoms in total. The Morgan fingerprint density at radius 2 is 1.23 bits per heavy atom. The zero-order valence-electron chi connectivity index (χ0n) is 29.7. The molecule has 280 valence electrons. The highest BCUT2D eigenvalue weighted by Gasteiger charge is 2.32. The van der Waals surface area contributed by atoms with Crippen molar-refractivity contribution in [3.05, 3.63) is 107 Å². The number of nitrogens with one attached hydrogen (secondary N) is 1. The van der Waals surface area contributed by atoms with Crippen LogP contribution in [-0.2, 0) is 20.0 Å². The van der Waals surface area contributed by atoms with E-state index in [1.165, 1.54) is 32.4 Å². The highest BCUT2D eigenvalue weighted by atomic mass is 35.5. The van der Waals surface area contributed by atoms with E-state index in [-0.39, 0.29) is 38.3 Å². The zero-order valence-corrected chi connectivity index (χ0v) is 32.1. The van der Waals surface area contributed by atoms with E-state index in [4.69, 9.17) is 21.1 Å². The van der Waals surface area contributed by atoms with Crippen molar-refractivity contribution in [3.63, 3.8) is 0 Å². The van der Waals surface area contributed by atoms with Gasteiger partial charge in [-0.3, -0.25) is 0 Å². The van der Waals surface area contributed by atoms with Crippen LogP contribution in [0.3, 0.4) is 0 Å². The van der Waals surface area contributed by atoms with E-state index in [0.717, 1.165) is 5.56 Å². The first-order chi connectivity index (χ1) is 25.1. The van der Waals surface area contributed by atoms with Gasteiger partial charge in [0.05, 0.1) is 31.5 Å². The summed E-state index contributed by atoms with van der Waals surface area (Å²) in [6.07, 6.45) is 3.25. The number of rotatable bonds is 8. The Balaban J connectivity index is 0.000000196. The number of halogens is 1. The molecule has 0 saturated carbocycles. The first-order valence-electron chi connectivity index (χ1n) is 16.0. The average Bonchev–Trinajstić information content (AvgIpc) is 3.53. The number of hydrogen-bond acceptors (Lipinski definition) is 12. The maximum absolute atomic E-state index is 12.3. The van der Waals surface area contributed by atoms with Gasteiger partial charge in [-0.15, -0.1) is 8.80 Å². The number of ether oxygens (including phenoxy) is 2. The number of phenolic OH excluding ortho intramolecular Hbond substituents is 2. The number of sulfonamides is 2. The SMILES string of the molecule is COc1cc(/C=N/N(C2=NS(=O)(=O)c3ccccc32)C(C)C)ccc1O.COc1cc(/C=N/NC(C)C)ccc1O.O=S1(=O)N=C(Cl)c2ccccc21. The predicted octanol–water partition coefficient (Wildman–Crippen LogP) is 5.70. The third-order valence-corrected chi connectivity index (χ3v) is 10.2. The van der Waals surface area contributed by atoms with E-state index in [1.807, 2.05) is 27.7 Å². The summed E-state index contributed by atoms with van der Waals surface area (Å²) in [7, 11) is -4.23. The number of amidine groups is 1. The zero-order chi connectivity index (χ0) is 38.9. The lowest BCUT2D eigenvalue weighted by Crippen LogP contribution is -2.32. The van der Waals surface area contributed by atoms with Gasteiger partial charge in [0.25, 0.3) is 20.0 Å². The predicted molar refractivity (Wildman–Crippen MR) is 206 cm³/mol. The van der Waals surface area contributed by atoms with Crippen LogP contribution in [0.1, 0.15) is 49.9 Å². The standard InChI is InChI=1S/C18H19N3O4S.C11H16N2O2.C7H4ClNO2S/c1-12(2)21(19-11-13-8-9-15(22)16(10-13)25-3)18-14-6-4-5-7-17(14)26(23,24)20-18;1-8(2)13-12-7-9-4-5-10(14)11(6-9)15-3;8-7-5-3-1-2-4-6(5)12(10,11)9-7/h4-12,22H,1-3H3;4-8,13-14H,1-3H3;1-4H/b19-11+;12-7+;. The van der Waals surface area contributed by atoms with Gasteiger partial charge >= 0.3 is 0 Å². The van der Waals surface area contributed by atoms with E-state index in [2.05, 4.69) is 24.4 Å². The van der Waals surface area contributed by atoms with Gasteiger partial charge in [-0.25, -0.2) is 5.01 Å². The molecule has 4 aromatic carbocycles. The molecule has 0 aromatic heterocycles. The molecule has 0 atom stereocenters. The summed E-state index contributed by atoms with van der Waals surface area (Å²) in [4.78, 5) is 0.372. The maximum Gasteiger partial charge on any atom is 0.285 e. The molecule has 0 spiro atoms. The Kier molecular flexibility index (Phi) is 13.2. The lowest BCUT2D eigenvalue weighted by molar-refractivity contribution is 0.370. The van der Waals surface area contributed by atoms with E-state index in [9.17, 15) is 27.0 Å². The van der Waals surface area contributed by atoms with E-state index < -0.39 is 20.0 Å². The number of hydrogen-bond donors (Lipinski definition) is 3. The highest BCUT2D eigenvalue weighted by Crippen LogP contribution is 2.30. The first kappa shape index (κ1) is 40.3. The van der Waals surface area contributed by atoms with Gasteiger partial charge in [0.2, 0.25) is 0 Å². The Morgan fingerprint density at radius 1 is 0.736 bits per heavy atom. The maximum atomic E-state index is 12.3. The Bertz CT molecular complexity index is 2290. The minimum absolute atomic E-state index is 0.0329. The van der Waals surface area contributed by atoms with Crippen molar-refractivity contribution in [1.29, 1.82) is 0 Å². The third-order valence-electron chi connectivity index (χ3n) is 7.19. The summed E-state index contributed by atoms with van der Waals surface area (Å²) in [6, 6.07) is 23.2. The molecule has 53 heavy (non-hydrogen) atoms. The molecule has 4 aromatic rings. The molecule has 0 fully saturated rings. The number of methoxy groups -OCH3 is 2. The van der Waals surface area contributed by atoms with E-state index >= 15 is 0 Å². The monoisotopic (exact) mass is 782 g/mol. The van der Waals surface area contributed by atoms with Crippen molar-refractivity contribution in [3.8, 4) is 23.0 Å². The number of hydrazone groups is 2. The van der Waals surface area contributed by atoms with Crippen molar-refractivity contribution >= 4 is 55.1 Å². The number of phenols is 2. The Hall–Kier alpha value is -5.45. The number of nitrogens with zero attached hydrogens (tertiary/aromatic N) is 5. The van der Waals surface area contributed by atoms with Crippen molar-refractivity contribution < 1.29 is 36.5 Å². The highest BCUT2D eigenvalue weighted by molar-refractivity contribution is 7.91. The van der Waals surface area contributed by atoms with Gasteiger partial charge < -0.3 is 25.1 Å². The molecule has 0 unspecified atom stereocenters. The van der Waals surface area contributed by atoms with Gasteiger partial charge in [0.1, 0.15) is 4.90 Å². The van der Waals surface area contributed by atoms with Gasteiger partial charge in [0, 0.05) is 23.2 Å². The minimum Gasteiger partial charge on any atom is -0.504 e. The quantitative estimate of drug-likeness (QED) is 0.148. The van der Waals surface area contributed by atoms with Gasteiger partial charge in [-0.2, -0.15) is 27.0 Å². The lowest BCUT2D eigenvalue weighted by atomic mass is 10.2. The molecule has 0 aliphatic carbocycles. The van der Waals surface area contributed by atoms with Gasteiger partial charge in [0.15, 0.2) is 34.0 Å². The fourth-order valence-corrected chi connectivity index (χ4v) is 7.48. The Morgan fingerprint density at radius 3 is 1.74 bits per heavy atom. The van der Waals surface area contributed by atoms with Crippen molar-refractivity contribution in [1.82, 2.24) is 10.4 Å². The van der Waals surface area contributed by atoms with Crippen molar-refractivity contribution in [2.45, 2.75) is 49.6 Å². The Labute approximate surface area is 313 Å². The minimum atomic E-state index is -3.71. The molecule has 3 N–H and O–H groups in total. The molecule has 2 aliphatic heterocycles. The summed E-state index contributed by atoms with van der Waals surface area (Å²) in [5.41, 5.74) is 5.49. The first-order valence-corrected chi connectivity index (χ1v) is 19.2. The summed E-state index contributed by atoms with van der Waals surface area (Å²) < 4.78 is 64.2. The second-order valence-electron chi connectivity index (χ2n) is 11.8. The number of fused-ring (bicyclic) bond motifs is 2. The normalized spacial score (nSPS) is 14.7. The fourth-order valence-electron chi connectivity index (χ4n) is 4.69. The molecule has 0 saturated heterocycles. The van der Waals surface area contributed by atoms with Gasteiger partial charge in [-0.05, 0) is 93.4 Å². The molecule has 2 aliphatic rings. The van der Waals surface area contributed by atoms with Crippen LogP contribution in [0.5, 0.6) is 23.0 Å². The lowest BCUT2D eigenvalue weighted by Gasteiger charge is -2.22. The molecule has 6 rings (SSSR count). The van der Waals surface area contributed by atoms with Crippen LogP contribution in [0.4, 0.5) is 0 Å². The van der Waals surface area contributed by atoms with E-state index in [1.54, 1.807) is 84.2 Å². The summed E-state index contributed by atoms with van der Waals surface area (Å²) in [5, 5.41) is 29.1. The molecule has 0 bridgehead atoms. The second kappa shape index (κ2) is 17.4. The summed E-state index contributed by atoms with van der Waals surface area (Å²) >= 11 is 5.60. The molecule has 0 radical (unpaired) electrons. The fraction of sp³-hybridized carbons (Fsp3) is 0.222. The van der Waals surface area contributed by atoms with Crippen LogP contribution in [0.2, 0.25) is 0 Å². The molecule has 2 heterocycles. The molecular formula is C36H39ClN6O8S2. The molecule has 0 amide bonds. The van der Waals surface area contributed by atoms with Crippen LogP contribution in [0, 0.1) is 0 Å². The second-order valence-corrected chi connectivity index (χ2v) is 15.3. The average molecular weight is 783 g/mol. The molecular weight excluding hydrogens is 744 g/mol. The van der Waals surface area contributed by atoms with Crippen molar-refractivity contribution in [2.75, 3.05) is 14.2 Å². The topological polar surface area (TPSA) is 192 Å². The largest absolute Gasteiger partial charge is 0.504 e. The van der Waals surface area contributed by atoms with Crippen LogP contribution >= 0.6 is 11.6 Å². The van der Waals surface area contributed by atoms with Crippen LogP contribution < -0.4 is 14.9 Å². The van der Waals surface area contributed by atoms with Crippen LogP contribution in [0.15, 0.2) is 114 Å². The molecule has 17 heteroatoms. The van der Waals surface area contributed by atoms with Gasteiger partial charge in [-0.1, -0.05) is 41.9 Å². The van der Waals surface area contributed by atoms with E-state index in [0.29, 0.717) is 34.2 Å².